The molecule has 0 aromatic heterocycles. The van der Waals surface area contributed by atoms with Crippen LogP contribution in [0.1, 0.15) is 13.8 Å². The molecular formula is C15H23N3O4. The van der Waals surface area contributed by atoms with E-state index in [2.05, 4.69) is 9.80 Å². The van der Waals surface area contributed by atoms with Gasteiger partial charge in [-0.1, -0.05) is 0 Å². The minimum atomic E-state index is -0.421. The third-order valence-electron chi connectivity index (χ3n) is 3.70. The van der Waals surface area contributed by atoms with Crippen molar-refractivity contribution < 1.29 is 14.8 Å². The summed E-state index contributed by atoms with van der Waals surface area (Å²) < 4.78 is 5.39. The van der Waals surface area contributed by atoms with Gasteiger partial charge in [0.05, 0.1) is 17.6 Å². The Morgan fingerprint density at radius 3 is 2.59 bits per heavy atom. The molecule has 122 valence electrons. The van der Waals surface area contributed by atoms with Crippen molar-refractivity contribution in [3.63, 3.8) is 0 Å². The molecule has 1 aliphatic rings. The summed E-state index contributed by atoms with van der Waals surface area (Å²) in [6.45, 7) is 8.07. The number of aliphatic hydroxyl groups excluding tert-OH is 1. The van der Waals surface area contributed by atoms with E-state index in [4.69, 9.17) is 4.74 Å². The highest BCUT2D eigenvalue weighted by molar-refractivity contribution is 5.59. The molecule has 1 aromatic rings. The summed E-state index contributed by atoms with van der Waals surface area (Å²) >= 11 is 0. The first-order chi connectivity index (χ1) is 10.5. The lowest BCUT2D eigenvalue weighted by Gasteiger charge is -2.36. The molecule has 0 amide bonds. The van der Waals surface area contributed by atoms with Crippen molar-refractivity contribution in [1.29, 1.82) is 0 Å². The van der Waals surface area contributed by atoms with Crippen molar-refractivity contribution in [2.75, 3.05) is 44.2 Å². The van der Waals surface area contributed by atoms with E-state index < -0.39 is 4.92 Å². The van der Waals surface area contributed by atoms with E-state index in [0.29, 0.717) is 18.9 Å². The highest BCUT2D eigenvalue weighted by atomic mass is 16.6. The van der Waals surface area contributed by atoms with E-state index in [0.717, 1.165) is 31.9 Å². The zero-order valence-electron chi connectivity index (χ0n) is 13.1. The van der Waals surface area contributed by atoms with E-state index in [9.17, 15) is 15.2 Å². The monoisotopic (exact) mass is 309 g/mol. The van der Waals surface area contributed by atoms with E-state index in [1.807, 2.05) is 6.92 Å². The maximum atomic E-state index is 11.0. The number of nitrogens with zero attached hydrogens (tertiary/aromatic N) is 3. The minimum Gasteiger partial charge on any atom is -0.487 e. The van der Waals surface area contributed by atoms with Crippen LogP contribution in [0.2, 0.25) is 0 Å². The number of hydrogen-bond acceptors (Lipinski definition) is 6. The SMILES string of the molecule is CCOc1cc(N2CCN(C[C@@H](C)O)CC2)ccc1[N+](=O)[O-]. The van der Waals surface area contributed by atoms with Crippen LogP contribution >= 0.6 is 0 Å². The summed E-state index contributed by atoms with van der Waals surface area (Å²) in [5, 5.41) is 20.4. The van der Waals surface area contributed by atoms with Crippen molar-refractivity contribution >= 4 is 11.4 Å². The van der Waals surface area contributed by atoms with Crippen LogP contribution < -0.4 is 9.64 Å². The summed E-state index contributed by atoms with van der Waals surface area (Å²) in [4.78, 5) is 15.0. The first-order valence-electron chi connectivity index (χ1n) is 7.58. The van der Waals surface area contributed by atoms with Crippen LogP contribution in [-0.4, -0.2) is 60.4 Å². The zero-order chi connectivity index (χ0) is 16.1. The Kier molecular flexibility index (Phi) is 5.57. The van der Waals surface area contributed by atoms with Gasteiger partial charge in [0.25, 0.3) is 0 Å². The number of piperazine rings is 1. The van der Waals surface area contributed by atoms with Crippen molar-refractivity contribution in [2.24, 2.45) is 0 Å². The largest absolute Gasteiger partial charge is 0.487 e. The normalized spacial score (nSPS) is 17.3. The number of nitro groups is 1. The van der Waals surface area contributed by atoms with Gasteiger partial charge in [-0.2, -0.15) is 0 Å². The molecule has 0 radical (unpaired) electrons. The molecule has 1 saturated heterocycles. The molecule has 2 rings (SSSR count). The van der Waals surface area contributed by atoms with E-state index in [1.54, 1.807) is 19.1 Å². The number of aliphatic hydroxyl groups is 1. The number of benzene rings is 1. The molecular weight excluding hydrogens is 286 g/mol. The second-order valence-corrected chi connectivity index (χ2v) is 5.48. The van der Waals surface area contributed by atoms with E-state index in [-0.39, 0.29) is 11.8 Å². The molecule has 1 atom stereocenters. The third kappa shape index (κ3) is 4.08. The Balaban J connectivity index is 2.07. The number of anilines is 1. The first kappa shape index (κ1) is 16.5. The Morgan fingerprint density at radius 1 is 1.36 bits per heavy atom. The van der Waals surface area contributed by atoms with Crippen LogP contribution in [0, 0.1) is 10.1 Å². The Morgan fingerprint density at radius 2 is 2.05 bits per heavy atom. The summed E-state index contributed by atoms with van der Waals surface area (Å²) in [6, 6.07) is 5.01. The predicted molar refractivity (Wildman–Crippen MR) is 84.6 cm³/mol. The lowest BCUT2D eigenvalue weighted by Crippen LogP contribution is -2.48. The average molecular weight is 309 g/mol. The van der Waals surface area contributed by atoms with Gasteiger partial charge in [-0.15, -0.1) is 0 Å². The average Bonchev–Trinajstić information content (AvgIpc) is 2.47. The van der Waals surface area contributed by atoms with Crippen LogP contribution in [-0.2, 0) is 0 Å². The zero-order valence-corrected chi connectivity index (χ0v) is 13.1. The molecule has 0 saturated carbocycles. The van der Waals surface area contributed by atoms with Gasteiger partial charge < -0.3 is 14.7 Å². The smallest absolute Gasteiger partial charge is 0.311 e. The van der Waals surface area contributed by atoms with Crippen molar-refractivity contribution in [2.45, 2.75) is 20.0 Å². The molecule has 0 spiro atoms. The topological polar surface area (TPSA) is 79.1 Å². The molecule has 7 nitrogen and oxygen atoms in total. The molecule has 1 heterocycles. The van der Waals surface area contributed by atoms with Gasteiger partial charge in [-0.3, -0.25) is 15.0 Å². The third-order valence-corrected chi connectivity index (χ3v) is 3.70. The molecule has 22 heavy (non-hydrogen) atoms. The van der Waals surface area contributed by atoms with Gasteiger partial charge >= 0.3 is 5.69 Å². The molecule has 7 heteroatoms. The highest BCUT2D eigenvalue weighted by Crippen LogP contribution is 2.32. The van der Waals surface area contributed by atoms with Gasteiger partial charge in [-0.25, -0.2) is 0 Å². The van der Waals surface area contributed by atoms with Crippen LogP contribution in [0.4, 0.5) is 11.4 Å². The first-order valence-corrected chi connectivity index (χ1v) is 7.58. The van der Waals surface area contributed by atoms with Crippen LogP contribution in [0.3, 0.4) is 0 Å². The molecule has 1 fully saturated rings. The predicted octanol–water partition coefficient (Wildman–Crippen LogP) is 1.50. The van der Waals surface area contributed by atoms with Gasteiger partial charge in [0.1, 0.15) is 0 Å². The number of β-amino-alcohol motifs (C(OH)–C–C–N with tert-alkyl or cyclic N) is 1. The quantitative estimate of drug-likeness (QED) is 0.633. The summed E-state index contributed by atoms with van der Waals surface area (Å²) in [6.07, 6.45) is -0.324. The van der Waals surface area contributed by atoms with E-state index in [1.165, 1.54) is 6.07 Å². The lowest BCUT2D eigenvalue weighted by atomic mass is 10.2. The van der Waals surface area contributed by atoms with Crippen LogP contribution in [0.25, 0.3) is 0 Å². The Labute approximate surface area is 130 Å². The fraction of sp³-hybridized carbons (Fsp3) is 0.600. The number of ether oxygens (including phenoxy) is 1. The molecule has 1 aromatic carbocycles. The van der Waals surface area contributed by atoms with Gasteiger partial charge in [-0.05, 0) is 19.9 Å². The van der Waals surface area contributed by atoms with Crippen LogP contribution in [0.5, 0.6) is 5.75 Å². The second-order valence-electron chi connectivity index (χ2n) is 5.48. The standard InChI is InChI=1S/C15H23N3O4/c1-3-22-15-10-13(4-5-14(15)18(20)21)17-8-6-16(7-9-17)11-12(2)19/h4-5,10,12,19H,3,6-9,11H2,1-2H3/t12-/m1/s1. The number of rotatable bonds is 6. The molecule has 1 aliphatic heterocycles. The van der Waals surface area contributed by atoms with Gasteiger partial charge in [0.2, 0.25) is 0 Å². The molecule has 0 unspecified atom stereocenters. The molecule has 0 aliphatic carbocycles. The maximum Gasteiger partial charge on any atom is 0.311 e. The van der Waals surface area contributed by atoms with Gasteiger partial charge in [0.15, 0.2) is 5.75 Å². The molecule has 0 bridgehead atoms. The summed E-state index contributed by atoms with van der Waals surface area (Å²) in [5.74, 6) is 0.316. The molecule has 1 N–H and O–H groups in total. The van der Waals surface area contributed by atoms with Crippen molar-refractivity contribution in [3.8, 4) is 5.75 Å². The van der Waals surface area contributed by atoms with Crippen molar-refractivity contribution in [1.82, 2.24) is 4.90 Å². The van der Waals surface area contributed by atoms with Crippen molar-refractivity contribution in [3.05, 3.63) is 28.3 Å². The minimum absolute atomic E-state index is 0.00154. The fourth-order valence-electron chi connectivity index (χ4n) is 2.68. The Hall–Kier alpha value is -1.86. The van der Waals surface area contributed by atoms with Crippen LogP contribution in [0.15, 0.2) is 18.2 Å². The summed E-state index contributed by atoms with van der Waals surface area (Å²) in [5.41, 5.74) is 0.934. The highest BCUT2D eigenvalue weighted by Gasteiger charge is 2.21. The Bertz CT molecular complexity index is 514. The lowest BCUT2D eigenvalue weighted by molar-refractivity contribution is -0.385. The number of hydrogen-bond donors (Lipinski definition) is 1. The summed E-state index contributed by atoms with van der Waals surface area (Å²) in [7, 11) is 0. The van der Waals surface area contributed by atoms with Gasteiger partial charge in [0, 0.05) is 50.5 Å². The van der Waals surface area contributed by atoms with E-state index >= 15 is 0 Å². The fourth-order valence-corrected chi connectivity index (χ4v) is 2.68. The maximum absolute atomic E-state index is 11.0. The number of nitro benzene ring substituents is 1. The second kappa shape index (κ2) is 7.42.